The van der Waals surface area contributed by atoms with E-state index in [4.69, 9.17) is 0 Å². The van der Waals surface area contributed by atoms with E-state index >= 15 is 0 Å². The van der Waals surface area contributed by atoms with E-state index in [-0.39, 0.29) is 0 Å². The Bertz CT molecular complexity index is 722. The minimum absolute atomic E-state index is 0.501. The number of hydrogen-bond acceptors (Lipinski definition) is 2. The SMILES string of the molecule is CNC(C)CCCCCCN(C)C1=CCC(c2ccc(C=C(C)C)c(C)c2)C=C1. The Morgan fingerprint density at radius 3 is 2.59 bits per heavy atom. The fourth-order valence-electron chi connectivity index (χ4n) is 3.97. The van der Waals surface area contributed by atoms with Gasteiger partial charge in [-0.3, -0.25) is 0 Å². The number of benzene rings is 1. The molecule has 0 spiro atoms. The third kappa shape index (κ3) is 7.85. The average Bonchev–Trinajstić information content (AvgIpc) is 2.71. The summed E-state index contributed by atoms with van der Waals surface area (Å²) in [7, 11) is 4.29. The zero-order valence-corrected chi connectivity index (χ0v) is 19.6. The smallest absolute Gasteiger partial charge is 0.0320 e. The Morgan fingerprint density at radius 1 is 1.21 bits per heavy atom. The van der Waals surface area contributed by atoms with Gasteiger partial charge in [-0.1, -0.05) is 61.3 Å². The number of rotatable bonds is 11. The molecule has 29 heavy (non-hydrogen) atoms. The monoisotopic (exact) mass is 394 g/mol. The summed E-state index contributed by atoms with van der Waals surface area (Å²) in [6.45, 7) is 9.95. The highest BCUT2D eigenvalue weighted by Gasteiger charge is 2.14. The highest BCUT2D eigenvalue weighted by Crippen LogP contribution is 2.29. The van der Waals surface area contributed by atoms with Crippen LogP contribution in [0.5, 0.6) is 0 Å². The van der Waals surface area contributed by atoms with E-state index in [9.17, 15) is 0 Å². The molecule has 1 aromatic rings. The summed E-state index contributed by atoms with van der Waals surface area (Å²) in [4.78, 5) is 2.42. The number of aryl methyl sites for hydroxylation is 1. The number of hydrogen-bond donors (Lipinski definition) is 1. The maximum atomic E-state index is 3.32. The average molecular weight is 395 g/mol. The molecule has 0 bridgehead atoms. The third-order valence-corrected chi connectivity index (χ3v) is 6.06. The molecule has 2 unspecified atom stereocenters. The van der Waals surface area contributed by atoms with Crippen molar-refractivity contribution in [1.29, 1.82) is 0 Å². The second kappa shape index (κ2) is 12.0. The first-order valence-electron chi connectivity index (χ1n) is 11.4. The Balaban J connectivity index is 1.78. The first-order valence-corrected chi connectivity index (χ1v) is 11.4. The number of nitrogens with zero attached hydrogens (tertiary/aromatic N) is 1. The van der Waals surface area contributed by atoms with Gasteiger partial charge in [0.05, 0.1) is 0 Å². The molecule has 0 heterocycles. The van der Waals surface area contributed by atoms with Gasteiger partial charge in [-0.2, -0.15) is 0 Å². The number of unbranched alkanes of at least 4 members (excludes halogenated alkanes) is 3. The van der Waals surface area contributed by atoms with Crippen molar-refractivity contribution < 1.29 is 0 Å². The summed E-state index contributed by atoms with van der Waals surface area (Å²) >= 11 is 0. The van der Waals surface area contributed by atoms with Crippen LogP contribution in [-0.2, 0) is 0 Å². The number of nitrogens with one attached hydrogen (secondary N) is 1. The van der Waals surface area contributed by atoms with Crippen LogP contribution in [-0.4, -0.2) is 31.6 Å². The molecule has 0 saturated heterocycles. The van der Waals surface area contributed by atoms with E-state index < -0.39 is 0 Å². The Morgan fingerprint density at radius 2 is 1.97 bits per heavy atom. The van der Waals surface area contributed by atoms with Crippen molar-refractivity contribution in [3.63, 3.8) is 0 Å². The molecule has 0 saturated carbocycles. The molecular formula is C27H42N2. The first-order chi connectivity index (χ1) is 13.9. The van der Waals surface area contributed by atoms with Crippen molar-refractivity contribution in [1.82, 2.24) is 10.2 Å². The lowest BCUT2D eigenvalue weighted by Gasteiger charge is -2.25. The van der Waals surface area contributed by atoms with Crippen molar-refractivity contribution >= 4 is 6.08 Å². The molecule has 1 aliphatic rings. The largest absolute Gasteiger partial charge is 0.375 e. The predicted octanol–water partition coefficient (Wildman–Crippen LogP) is 6.84. The summed E-state index contributed by atoms with van der Waals surface area (Å²) in [6, 6.07) is 7.58. The maximum absolute atomic E-state index is 3.32. The van der Waals surface area contributed by atoms with Crippen LogP contribution in [0.15, 0.2) is 47.7 Å². The molecule has 2 rings (SSSR count). The van der Waals surface area contributed by atoms with Gasteiger partial charge in [-0.15, -0.1) is 0 Å². The van der Waals surface area contributed by atoms with E-state index in [0.29, 0.717) is 12.0 Å². The zero-order valence-electron chi connectivity index (χ0n) is 19.6. The van der Waals surface area contributed by atoms with Crippen LogP contribution < -0.4 is 5.32 Å². The molecule has 2 atom stereocenters. The lowest BCUT2D eigenvalue weighted by Crippen LogP contribution is -2.21. The maximum Gasteiger partial charge on any atom is 0.0320 e. The van der Waals surface area contributed by atoms with Crippen molar-refractivity contribution in [2.75, 3.05) is 20.6 Å². The van der Waals surface area contributed by atoms with Crippen LogP contribution in [0.25, 0.3) is 6.08 Å². The molecule has 2 heteroatoms. The third-order valence-electron chi connectivity index (χ3n) is 6.06. The van der Waals surface area contributed by atoms with Gasteiger partial charge in [-0.05, 0) is 76.8 Å². The molecule has 0 fully saturated rings. The summed E-state index contributed by atoms with van der Waals surface area (Å²) in [5.41, 5.74) is 6.86. The normalized spacial score (nSPS) is 17.0. The predicted molar refractivity (Wildman–Crippen MR) is 129 cm³/mol. The van der Waals surface area contributed by atoms with E-state index in [1.807, 2.05) is 0 Å². The number of allylic oxidation sites excluding steroid dienone is 4. The van der Waals surface area contributed by atoms with Gasteiger partial charge < -0.3 is 10.2 Å². The topological polar surface area (TPSA) is 15.3 Å². The van der Waals surface area contributed by atoms with Crippen LogP contribution in [0.3, 0.4) is 0 Å². The highest BCUT2D eigenvalue weighted by molar-refractivity contribution is 5.57. The molecule has 1 aromatic carbocycles. The Hall–Kier alpha value is -1.80. The molecular weight excluding hydrogens is 352 g/mol. The van der Waals surface area contributed by atoms with E-state index in [1.165, 1.54) is 60.1 Å². The summed E-state index contributed by atoms with van der Waals surface area (Å²) in [5.74, 6) is 0.501. The van der Waals surface area contributed by atoms with E-state index in [2.05, 4.69) is 94.5 Å². The minimum Gasteiger partial charge on any atom is -0.375 e. The van der Waals surface area contributed by atoms with Crippen LogP contribution >= 0.6 is 0 Å². The van der Waals surface area contributed by atoms with Crippen molar-refractivity contribution in [3.8, 4) is 0 Å². The second-order valence-corrected chi connectivity index (χ2v) is 8.98. The van der Waals surface area contributed by atoms with E-state index in [1.54, 1.807) is 0 Å². The fraction of sp³-hybridized carbons (Fsp3) is 0.556. The van der Waals surface area contributed by atoms with Crippen LogP contribution in [0, 0.1) is 6.92 Å². The van der Waals surface area contributed by atoms with Crippen molar-refractivity contribution in [3.05, 3.63) is 64.4 Å². The minimum atomic E-state index is 0.501. The van der Waals surface area contributed by atoms with Gasteiger partial charge in [0.15, 0.2) is 0 Å². The summed E-state index contributed by atoms with van der Waals surface area (Å²) in [5, 5.41) is 3.32. The zero-order chi connectivity index (χ0) is 21.2. The lowest BCUT2D eigenvalue weighted by atomic mass is 9.89. The standard InChI is InChI=1S/C27H42N2/c1-21(2)19-25-12-13-26(20-22(25)3)24-14-16-27(17-15-24)29(6)18-10-8-7-9-11-23(4)28-5/h12-14,16-17,19-20,23-24,28H,7-11,15,18H2,1-6H3. The molecule has 1 aliphatic carbocycles. The summed E-state index contributed by atoms with van der Waals surface area (Å²) in [6.07, 6.45) is 17.1. The molecule has 2 nitrogen and oxygen atoms in total. The van der Waals surface area contributed by atoms with Crippen LogP contribution in [0.1, 0.15) is 81.9 Å². The van der Waals surface area contributed by atoms with Gasteiger partial charge in [-0.25, -0.2) is 0 Å². The van der Waals surface area contributed by atoms with Gasteiger partial charge in [0.1, 0.15) is 0 Å². The Labute approximate surface area is 179 Å². The van der Waals surface area contributed by atoms with Crippen LogP contribution in [0.2, 0.25) is 0 Å². The van der Waals surface area contributed by atoms with E-state index in [0.717, 1.165) is 13.0 Å². The molecule has 0 amide bonds. The molecule has 0 aromatic heterocycles. The summed E-state index contributed by atoms with van der Waals surface area (Å²) < 4.78 is 0. The van der Waals surface area contributed by atoms with Crippen molar-refractivity contribution in [2.24, 2.45) is 0 Å². The lowest BCUT2D eigenvalue weighted by molar-refractivity contribution is 0.402. The first kappa shape index (κ1) is 23.5. The van der Waals surface area contributed by atoms with Crippen LogP contribution in [0.4, 0.5) is 0 Å². The van der Waals surface area contributed by atoms with Gasteiger partial charge in [0.2, 0.25) is 0 Å². The fourth-order valence-corrected chi connectivity index (χ4v) is 3.97. The molecule has 0 radical (unpaired) electrons. The van der Waals surface area contributed by atoms with Gasteiger partial charge in [0, 0.05) is 31.2 Å². The molecule has 160 valence electrons. The van der Waals surface area contributed by atoms with Gasteiger partial charge in [0.25, 0.3) is 0 Å². The number of likely N-dealkylation sites (N-methyl/N-ethyl adjacent to an activating group) is 1. The highest BCUT2D eigenvalue weighted by atomic mass is 15.1. The van der Waals surface area contributed by atoms with Crippen molar-refractivity contribution in [2.45, 2.75) is 78.2 Å². The second-order valence-electron chi connectivity index (χ2n) is 8.98. The quantitative estimate of drug-likeness (QED) is 0.413. The molecule has 0 aliphatic heterocycles. The molecule has 1 N–H and O–H groups in total. The Kier molecular flexibility index (Phi) is 9.73. The van der Waals surface area contributed by atoms with Gasteiger partial charge >= 0.3 is 0 Å².